The standard InChI is InChI=1S/C22H25N7O4/c1-3-15(2)19(24-22(32)33-13-16-7-5-4-6-8-16)21(31)26-25-20(30)17-9-11-18(12-10-17)29-14-23-27-28-29/h4-12,14-15,19H,3,13H2,1-2H3,(H,24,32)(H,25,30)(H,26,31). The minimum absolute atomic E-state index is 0.0822. The molecule has 3 aromatic rings. The van der Waals surface area contributed by atoms with Gasteiger partial charge in [0.25, 0.3) is 11.8 Å². The Balaban J connectivity index is 1.53. The Bertz CT molecular complexity index is 1060. The number of tetrazole rings is 1. The van der Waals surface area contributed by atoms with E-state index in [2.05, 4.69) is 31.7 Å². The van der Waals surface area contributed by atoms with Gasteiger partial charge in [0.2, 0.25) is 0 Å². The average molecular weight is 451 g/mol. The highest BCUT2D eigenvalue weighted by molar-refractivity contribution is 5.96. The van der Waals surface area contributed by atoms with Gasteiger partial charge in [-0.05, 0) is 46.2 Å². The molecule has 0 fully saturated rings. The summed E-state index contributed by atoms with van der Waals surface area (Å²) < 4.78 is 6.65. The van der Waals surface area contributed by atoms with Gasteiger partial charge in [-0.25, -0.2) is 9.48 Å². The zero-order valence-corrected chi connectivity index (χ0v) is 18.3. The number of hydrazine groups is 1. The van der Waals surface area contributed by atoms with E-state index in [1.807, 2.05) is 44.2 Å². The molecule has 0 aliphatic heterocycles. The van der Waals surface area contributed by atoms with Crippen LogP contribution >= 0.6 is 0 Å². The molecule has 3 rings (SSSR count). The first kappa shape index (κ1) is 23.4. The molecule has 0 radical (unpaired) electrons. The van der Waals surface area contributed by atoms with Gasteiger partial charge in [0.1, 0.15) is 19.0 Å². The molecule has 0 bridgehead atoms. The lowest BCUT2D eigenvalue weighted by atomic mass is 9.99. The van der Waals surface area contributed by atoms with Gasteiger partial charge in [-0.2, -0.15) is 0 Å². The van der Waals surface area contributed by atoms with Crippen molar-refractivity contribution in [1.82, 2.24) is 36.4 Å². The fraction of sp³-hybridized carbons (Fsp3) is 0.273. The lowest BCUT2D eigenvalue weighted by Crippen LogP contribution is -2.54. The van der Waals surface area contributed by atoms with E-state index >= 15 is 0 Å². The number of hydrogen-bond donors (Lipinski definition) is 3. The molecule has 0 aliphatic rings. The predicted octanol–water partition coefficient (Wildman–Crippen LogP) is 1.76. The van der Waals surface area contributed by atoms with Gasteiger partial charge in [-0.15, -0.1) is 5.10 Å². The van der Waals surface area contributed by atoms with Gasteiger partial charge in [-0.3, -0.25) is 20.4 Å². The van der Waals surface area contributed by atoms with Crippen LogP contribution in [0.15, 0.2) is 60.9 Å². The number of alkyl carbamates (subject to hydrolysis) is 1. The summed E-state index contributed by atoms with van der Waals surface area (Å²) in [4.78, 5) is 37.3. The lowest BCUT2D eigenvalue weighted by Gasteiger charge is -2.23. The van der Waals surface area contributed by atoms with Crippen molar-refractivity contribution < 1.29 is 19.1 Å². The fourth-order valence-electron chi connectivity index (χ4n) is 2.91. The van der Waals surface area contributed by atoms with Crippen molar-refractivity contribution in [1.29, 1.82) is 0 Å². The summed E-state index contributed by atoms with van der Waals surface area (Å²) >= 11 is 0. The molecule has 2 aromatic carbocycles. The average Bonchev–Trinajstić information content (AvgIpc) is 3.39. The number of nitrogens with one attached hydrogen (secondary N) is 3. The SMILES string of the molecule is CCC(C)C(NC(=O)OCc1ccccc1)C(=O)NNC(=O)c1ccc(-n2cnnn2)cc1. The number of rotatable bonds is 8. The minimum Gasteiger partial charge on any atom is -0.445 e. The highest BCUT2D eigenvalue weighted by Gasteiger charge is 2.27. The van der Waals surface area contributed by atoms with Crippen molar-refractivity contribution in [3.63, 3.8) is 0 Å². The largest absolute Gasteiger partial charge is 0.445 e. The van der Waals surface area contributed by atoms with E-state index in [1.54, 1.807) is 24.3 Å². The second kappa shape index (κ2) is 11.4. The van der Waals surface area contributed by atoms with Crippen molar-refractivity contribution in [2.24, 2.45) is 5.92 Å². The second-order valence-electron chi connectivity index (χ2n) is 7.31. The highest BCUT2D eigenvalue weighted by atomic mass is 16.5. The Morgan fingerprint density at radius 1 is 1.03 bits per heavy atom. The molecular weight excluding hydrogens is 426 g/mol. The summed E-state index contributed by atoms with van der Waals surface area (Å²) in [7, 11) is 0. The van der Waals surface area contributed by atoms with E-state index in [0.717, 1.165) is 5.56 Å². The molecule has 0 saturated carbocycles. The number of aromatic nitrogens is 4. The fourth-order valence-corrected chi connectivity index (χ4v) is 2.91. The Morgan fingerprint density at radius 2 is 1.76 bits per heavy atom. The first-order valence-corrected chi connectivity index (χ1v) is 10.4. The van der Waals surface area contributed by atoms with Gasteiger partial charge in [0.05, 0.1) is 5.69 Å². The molecule has 0 spiro atoms. The van der Waals surface area contributed by atoms with Gasteiger partial charge >= 0.3 is 6.09 Å². The van der Waals surface area contributed by atoms with Crippen LogP contribution in [0.2, 0.25) is 0 Å². The van der Waals surface area contributed by atoms with E-state index in [1.165, 1.54) is 11.0 Å². The normalized spacial score (nSPS) is 12.3. The van der Waals surface area contributed by atoms with Crippen LogP contribution < -0.4 is 16.2 Å². The monoisotopic (exact) mass is 451 g/mol. The molecule has 172 valence electrons. The third-order valence-electron chi connectivity index (χ3n) is 5.02. The van der Waals surface area contributed by atoms with Gasteiger partial charge in [0, 0.05) is 5.56 Å². The number of carbonyl (C=O) groups excluding carboxylic acids is 3. The summed E-state index contributed by atoms with van der Waals surface area (Å²) in [5.41, 5.74) is 6.56. The van der Waals surface area contributed by atoms with Crippen LogP contribution in [0.25, 0.3) is 5.69 Å². The van der Waals surface area contributed by atoms with Crippen LogP contribution in [0.1, 0.15) is 36.2 Å². The van der Waals surface area contributed by atoms with Crippen LogP contribution in [0, 0.1) is 5.92 Å². The first-order valence-electron chi connectivity index (χ1n) is 10.4. The first-order chi connectivity index (χ1) is 16.0. The van der Waals surface area contributed by atoms with Crippen LogP contribution in [0.3, 0.4) is 0 Å². The Hall–Kier alpha value is -4.28. The Morgan fingerprint density at radius 3 is 2.39 bits per heavy atom. The molecule has 33 heavy (non-hydrogen) atoms. The smallest absolute Gasteiger partial charge is 0.408 e. The van der Waals surface area contributed by atoms with Crippen LogP contribution in [-0.4, -0.2) is 44.2 Å². The maximum atomic E-state index is 12.7. The van der Waals surface area contributed by atoms with Gasteiger partial charge in [-0.1, -0.05) is 50.6 Å². The van der Waals surface area contributed by atoms with Crippen molar-refractivity contribution in [3.05, 3.63) is 72.1 Å². The maximum Gasteiger partial charge on any atom is 0.408 e. The number of benzene rings is 2. The molecule has 3 amide bonds. The van der Waals surface area contributed by atoms with Crippen molar-refractivity contribution in [3.8, 4) is 5.69 Å². The summed E-state index contributed by atoms with van der Waals surface area (Å²) in [6.45, 7) is 3.80. The zero-order valence-electron chi connectivity index (χ0n) is 18.3. The Kier molecular flexibility index (Phi) is 8.06. The molecule has 1 heterocycles. The Labute approximate surface area is 190 Å². The number of carbonyl (C=O) groups is 3. The third kappa shape index (κ3) is 6.60. The number of nitrogens with zero attached hydrogens (tertiary/aromatic N) is 4. The molecule has 11 nitrogen and oxygen atoms in total. The molecule has 1 aromatic heterocycles. The molecular formula is C22H25N7O4. The summed E-state index contributed by atoms with van der Waals surface area (Å²) in [6.07, 6.45) is 1.34. The van der Waals surface area contributed by atoms with Crippen molar-refractivity contribution in [2.75, 3.05) is 0 Å². The number of ether oxygens (including phenoxy) is 1. The van der Waals surface area contributed by atoms with E-state index in [0.29, 0.717) is 17.7 Å². The van der Waals surface area contributed by atoms with Crippen molar-refractivity contribution in [2.45, 2.75) is 32.9 Å². The topological polar surface area (TPSA) is 140 Å². The predicted molar refractivity (Wildman–Crippen MR) is 118 cm³/mol. The second-order valence-corrected chi connectivity index (χ2v) is 7.31. The van der Waals surface area contributed by atoms with E-state index in [4.69, 9.17) is 4.74 Å². The lowest BCUT2D eigenvalue weighted by molar-refractivity contribution is -0.125. The van der Waals surface area contributed by atoms with Crippen LogP contribution in [0.5, 0.6) is 0 Å². The summed E-state index contributed by atoms with van der Waals surface area (Å²) in [5.74, 6) is -1.26. The number of amides is 3. The summed E-state index contributed by atoms with van der Waals surface area (Å²) in [6, 6.07) is 14.8. The third-order valence-corrected chi connectivity index (χ3v) is 5.02. The molecule has 3 N–H and O–H groups in total. The molecule has 2 unspecified atom stereocenters. The highest BCUT2D eigenvalue weighted by Crippen LogP contribution is 2.10. The van der Waals surface area contributed by atoms with Gasteiger partial charge < -0.3 is 10.1 Å². The number of hydrogen-bond acceptors (Lipinski definition) is 7. The van der Waals surface area contributed by atoms with E-state index < -0.39 is 23.9 Å². The van der Waals surface area contributed by atoms with E-state index in [9.17, 15) is 14.4 Å². The molecule has 2 atom stereocenters. The van der Waals surface area contributed by atoms with Crippen LogP contribution in [0.4, 0.5) is 4.79 Å². The van der Waals surface area contributed by atoms with Crippen molar-refractivity contribution >= 4 is 17.9 Å². The molecule has 11 heteroatoms. The molecule has 0 saturated heterocycles. The summed E-state index contributed by atoms with van der Waals surface area (Å²) in [5, 5.41) is 13.5. The van der Waals surface area contributed by atoms with E-state index in [-0.39, 0.29) is 12.5 Å². The quantitative estimate of drug-likeness (QED) is 0.443. The van der Waals surface area contributed by atoms with Crippen LogP contribution in [-0.2, 0) is 16.1 Å². The maximum absolute atomic E-state index is 12.7. The molecule has 0 aliphatic carbocycles. The zero-order chi connectivity index (χ0) is 23.6. The minimum atomic E-state index is -0.888. The van der Waals surface area contributed by atoms with Gasteiger partial charge in [0.15, 0.2) is 0 Å².